The molecule has 9 heteroatoms. The highest BCUT2D eigenvalue weighted by Crippen LogP contribution is 2.36. The third-order valence-corrected chi connectivity index (χ3v) is 5.99. The zero-order valence-corrected chi connectivity index (χ0v) is 19.5. The number of cyclic esters (lactones) is 1. The van der Waals surface area contributed by atoms with Crippen molar-refractivity contribution in [2.24, 2.45) is 0 Å². The summed E-state index contributed by atoms with van der Waals surface area (Å²) in [6.07, 6.45) is -5.70. The zero-order chi connectivity index (χ0) is 24.9. The van der Waals surface area contributed by atoms with Crippen LogP contribution in [0, 0.1) is 0 Å². The fraction of sp³-hybridized carbons (Fsp3) is 0.385. The van der Waals surface area contributed by atoms with Gasteiger partial charge in [0, 0.05) is 26.0 Å². The first kappa shape index (κ1) is 25.0. The molecule has 0 bridgehead atoms. The quantitative estimate of drug-likeness (QED) is 0.479. The molecule has 2 aromatic carbocycles. The van der Waals surface area contributed by atoms with Crippen molar-refractivity contribution in [2.45, 2.75) is 50.3 Å². The molecule has 0 spiro atoms. The van der Waals surface area contributed by atoms with E-state index in [-0.39, 0.29) is 6.61 Å². The summed E-state index contributed by atoms with van der Waals surface area (Å²) in [5, 5.41) is 23.7. The first-order valence-corrected chi connectivity index (χ1v) is 11.4. The monoisotopic (exact) mass is 483 g/mol. The van der Waals surface area contributed by atoms with E-state index in [1.165, 1.54) is 14.0 Å². The highest BCUT2D eigenvalue weighted by Gasteiger charge is 2.48. The Balaban J connectivity index is 1.68. The minimum Gasteiger partial charge on any atom is -0.428 e. The molecule has 2 heterocycles. The lowest BCUT2D eigenvalue weighted by molar-refractivity contribution is -0.297. The topological polar surface area (TPSA) is 124 Å². The minimum atomic E-state index is -1.40. The number of benzene rings is 2. The fourth-order valence-corrected chi connectivity index (χ4v) is 4.33. The second-order valence-corrected chi connectivity index (χ2v) is 8.50. The number of carbonyl (C=O) groups is 2. The summed E-state index contributed by atoms with van der Waals surface area (Å²) in [4.78, 5) is 24.8. The lowest BCUT2D eigenvalue weighted by atomic mass is 9.95. The molecule has 0 aliphatic carbocycles. The van der Waals surface area contributed by atoms with Gasteiger partial charge in [-0.05, 0) is 11.1 Å². The van der Waals surface area contributed by atoms with Gasteiger partial charge in [-0.15, -0.1) is 0 Å². The molecule has 35 heavy (non-hydrogen) atoms. The van der Waals surface area contributed by atoms with Gasteiger partial charge in [-0.2, -0.15) is 0 Å². The Labute approximate surface area is 203 Å². The number of ether oxygens (including phenoxy) is 4. The number of hydrogen-bond donors (Lipinski definition) is 3. The van der Waals surface area contributed by atoms with Crippen molar-refractivity contribution < 1.29 is 38.7 Å². The van der Waals surface area contributed by atoms with Crippen LogP contribution < -0.4 is 5.32 Å². The second kappa shape index (κ2) is 11.1. The molecule has 3 N–H and O–H groups in total. The van der Waals surface area contributed by atoms with Crippen LogP contribution in [0.3, 0.4) is 0 Å². The summed E-state index contributed by atoms with van der Waals surface area (Å²) in [5.41, 5.74) is 2.63. The summed E-state index contributed by atoms with van der Waals surface area (Å²) >= 11 is 0. The molecule has 0 unspecified atom stereocenters. The lowest BCUT2D eigenvalue weighted by Gasteiger charge is -2.43. The molecule has 0 aromatic heterocycles. The first-order valence-electron chi connectivity index (χ1n) is 11.4. The molecule has 0 saturated carbocycles. The molecular weight excluding hydrogens is 454 g/mol. The largest absolute Gasteiger partial charge is 0.428 e. The van der Waals surface area contributed by atoms with Crippen molar-refractivity contribution in [1.29, 1.82) is 0 Å². The molecule has 0 radical (unpaired) electrons. The summed E-state index contributed by atoms with van der Waals surface area (Å²) in [5.74, 6) is -0.978. The number of aliphatic hydroxyl groups is 2. The zero-order valence-electron chi connectivity index (χ0n) is 19.5. The van der Waals surface area contributed by atoms with E-state index in [4.69, 9.17) is 18.9 Å². The van der Waals surface area contributed by atoms with Crippen molar-refractivity contribution in [3.8, 4) is 0 Å². The summed E-state index contributed by atoms with van der Waals surface area (Å²) < 4.78 is 22.7. The smallest absolute Gasteiger partial charge is 0.337 e. The van der Waals surface area contributed by atoms with Crippen LogP contribution in [0.2, 0.25) is 0 Å². The van der Waals surface area contributed by atoms with Crippen molar-refractivity contribution in [2.75, 3.05) is 13.7 Å². The molecule has 2 aliphatic rings. The predicted molar refractivity (Wildman–Crippen MR) is 125 cm³/mol. The Bertz CT molecular complexity index is 1060. The average Bonchev–Trinajstić information content (AvgIpc) is 3.15. The molecule has 9 nitrogen and oxygen atoms in total. The third-order valence-electron chi connectivity index (χ3n) is 5.99. The van der Waals surface area contributed by atoms with Gasteiger partial charge in [-0.3, -0.25) is 4.79 Å². The van der Waals surface area contributed by atoms with E-state index in [1.807, 2.05) is 60.7 Å². The van der Waals surface area contributed by atoms with Crippen LogP contribution in [0.4, 0.5) is 0 Å². The molecule has 6 atom stereocenters. The molecule has 1 amide bonds. The highest BCUT2D eigenvalue weighted by atomic mass is 16.8. The number of rotatable bonds is 8. The molecule has 1 saturated heterocycles. The van der Waals surface area contributed by atoms with Gasteiger partial charge in [0.25, 0.3) is 0 Å². The summed E-state index contributed by atoms with van der Waals surface area (Å²) in [6.45, 7) is 1.26. The maximum atomic E-state index is 13.0. The summed E-state index contributed by atoms with van der Waals surface area (Å²) in [6, 6.07) is 17.6. The number of methoxy groups -OCH3 is 1. The Kier molecular flexibility index (Phi) is 7.94. The van der Waals surface area contributed by atoms with Crippen LogP contribution in [0.5, 0.6) is 0 Å². The highest BCUT2D eigenvalue weighted by molar-refractivity contribution is 6.02. The van der Waals surface area contributed by atoms with Crippen LogP contribution in [0.25, 0.3) is 5.57 Å². The minimum absolute atomic E-state index is 0.0179. The number of esters is 1. The van der Waals surface area contributed by atoms with Gasteiger partial charge in [0.05, 0.1) is 12.2 Å². The molecule has 2 aromatic rings. The van der Waals surface area contributed by atoms with Crippen LogP contribution in [-0.2, 0) is 35.0 Å². The first-order chi connectivity index (χ1) is 16.9. The van der Waals surface area contributed by atoms with Gasteiger partial charge >= 0.3 is 5.97 Å². The van der Waals surface area contributed by atoms with Crippen molar-refractivity contribution >= 4 is 17.4 Å². The normalized spacial score (nSPS) is 28.6. The van der Waals surface area contributed by atoms with E-state index in [1.54, 1.807) is 0 Å². The molecular formula is C26H29NO8. The Hall–Kier alpha value is -3.08. The molecule has 4 rings (SSSR count). The van der Waals surface area contributed by atoms with Crippen molar-refractivity contribution in [3.05, 3.63) is 77.4 Å². The number of hydrogen-bond acceptors (Lipinski definition) is 8. The van der Waals surface area contributed by atoms with Gasteiger partial charge in [0.1, 0.15) is 24.4 Å². The molecule has 1 fully saturated rings. The van der Waals surface area contributed by atoms with E-state index in [0.717, 1.165) is 11.1 Å². The number of amides is 1. The number of nitrogens with one attached hydrogen (secondary N) is 1. The second-order valence-electron chi connectivity index (χ2n) is 8.50. The van der Waals surface area contributed by atoms with Gasteiger partial charge < -0.3 is 34.5 Å². The van der Waals surface area contributed by atoms with Gasteiger partial charge in [0.2, 0.25) is 12.2 Å². The van der Waals surface area contributed by atoms with Gasteiger partial charge in [-0.25, -0.2) is 4.79 Å². The Morgan fingerprint density at radius 1 is 1.03 bits per heavy atom. The average molecular weight is 484 g/mol. The predicted octanol–water partition coefficient (Wildman–Crippen LogP) is 1.18. The third kappa shape index (κ3) is 5.61. The lowest BCUT2D eigenvalue weighted by Crippen LogP contribution is -2.65. The maximum absolute atomic E-state index is 13.0. The van der Waals surface area contributed by atoms with Crippen LogP contribution in [0.1, 0.15) is 18.1 Å². The Morgan fingerprint density at radius 3 is 2.31 bits per heavy atom. The molecule has 186 valence electrons. The number of carbonyl (C=O) groups excluding carboxylic acids is 2. The van der Waals surface area contributed by atoms with Crippen LogP contribution in [-0.4, -0.2) is 72.7 Å². The van der Waals surface area contributed by atoms with E-state index in [2.05, 4.69) is 5.32 Å². The standard InChI is InChI=1S/C26H29NO8/c1-15(28)27-21-23(30)22(29)19(14-32-2)33-26(21)35-25-20(17-11-7-4-8-12-17)18(24(31)34-25)13-16-9-5-3-6-10-16/h3-12,19,21-23,25-26,29-30H,13-14H2,1-2H3,(H,27,28)/t19-,21+,22+,23+,25-,26+/m0/s1. The van der Waals surface area contributed by atoms with Crippen LogP contribution >= 0.6 is 0 Å². The van der Waals surface area contributed by atoms with E-state index < -0.39 is 48.8 Å². The molecule has 2 aliphatic heterocycles. The van der Waals surface area contributed by atoms with E-state index in [0.29, 0.717) is 17.6 Å². The SMILES string of the molecule is COC[C@@H]1O[C@H](O[C@@H]2OC(=O)C(Cc3ccccc3)=C2c2ccccc2)[C@H](NC(C)=O)[C@@H](O)[C@@H]1O. The van der Waals surface area contributed by atoms with E-state index >= 15 is 0 Å². The van der Waals surface area contributed by atoms with Gasteiger partial charge in [-0.1, -0.05) is 60.7 Å². The summed E-state index contributed by atoms with van der Waals surface area (Å²) in [7, 11) is 1.43. The van der Waals surface area contributed by atoms with E-state index in [9.17, 15) is 19.8 Å². The van der Waals surface area contributed by atoms with Crippen molar-refractivity contribution in [3.63, 3.8) is 0 Å². The Morgan fingerprint density at radius 2 is 1.69 bits per heavy atom. The maximum Gasteiger partial charge on any atom is 0.337 e. The number of aliphatic hydroxyl groups excluding tert-OH is 2. The van der Waals surface area contributed by atoms with Crippen LogP contribution in [0.15, 0.2) is 66.2 Å². The van der Waals surface area contributed by atoms with Crippen molar-refractivity contribution in [1.82, 2.24) is 5.32 Å². The van der Waals surface area contributed by atoms with Gasteiger partial charge in [0.15, 0.2) is 6.29 Å². The fourth-order valence-electron chi connectivity index (χ4n) is 4.33.